The summed E-state index contributed by atoms with van der Waals surface area (Å²) in [5, 5.41) is 4.52. The Bertz CT molecular complexity index is 563. The fourth-order valence-electron chi connectivity index (χ4n) is 2.63. The van der Waals surface area contributed by atoms with Gasteiger partial charge in [-0.05, 0) is 54.6 Å². The van der Waals surface area contributed by atoms with Crippen LogP contribution in [0.4, 0.5) is 0 Å². The Labute approximate surface area is 135 Å². The first-order valence-electron chi connectivity index (χ1n) is 7.63. The Morgan fingerprint density at radius 3 is 2.67 bits per heavy atom. The average Bonchev–Trinajstić information content (AvgIpc) is 2.76. The average molecular weight is 350 g/mol. The van der Waals surface area contributed by atoms with Gasteiger partial charge in [0.2, 0.25) is 0 Å². The molecule has 2 rings (SSSR count). The van der Waals surface area contributed by atoms with Crippen LogP contribution in [0.5, 0.6) is 0 Å². The van der Waals surface area contributed by atoms with E-state index in [1.807, 2.05) is 6.92 Å². The normalized spacial score (nSPS) is 12.6. The highest BCUT2D eigenvalue weighted by Crippen LogP contribution is 2.22. The molecule has 2 N–H and O–H groups in total. The molecule has 0 fully saturated rings. The summed E-state index contributed by atoms with van der Waals surface area (Å²) < 4.78 is 3.17. The molecule has 21 heavy (non-hydrogen) atoms. The Balaban J connectivity index is 1.86. The summed E-state index contributed by atoms with van der Waals surface area (Å²) in [6.45, 7) is 5.03. The summed E-state index contributed by atoms with van der Waals surface area (Å²) in [6, 6.07) is 10.8. The second-order valence-corrected chi connectivity index (χ2v) is 6.30. The van der Waals surface area contributed by atoms with Crippen molar-refractivity contribution in [2.24, 2.45) is 5.73 Å². The number of halogens is 1. The van der Waals surface area contributed by atoms with Gasteiger partial charge in [-0.25, -0.2) is 0 Å². The van der Waals surface area contributed by atoms with Crippen LogP contribution in [-0.4, -0.2) is 15.8 Å². The summed E-state index contributed by atoms with van der Waals surface area (Å²) in [4.78, 5) is 0. The van der Waals surface area contributed by atoms with Crippen LogP contribution in [0.15, 0.2) is 34.8 Å². The van der Waals surface area contributed by atoms with Gasteiger partial charge < -0.3 is 5.73 Å². The van der Waals surface area contributed by atoms with E-state index in [0.29, 0.717) is 0 Å². The smallest absolute Gasteiger partial charge is 0.0738 e. The van der Waals surface area contributed by atoms with Gasteiger partial charge in [-0.15, -0.1) is 0 Å². The molecule has 0 aliphatic heterocycles. The standard InChI is InChI=1S/C17H24BrN3/c1-3-21-16(17(18)13(2)20-21)12-15(19)11-7-10-14-8-5-4-6-9-14/h4-6,8-9,15H,3,7,10-12,19H2,1-2H3. The fourth-order valence-corrected chi connectivity index (χ4v) is 3.07. The molecule has 114 valence electrons. The summed E-state index contributed by atoms with van der Waals surface area (Å²) in [7, 11) is 0. The topological polar surface area (TPSA) is 43.8 Å². The number of nitrogens with zero attached hydrogens (tertiary/aromatic N) is 2. The van der Waals surface area contributed by atoms with Gasteiger partial charge >= 0.3 is 0 Å². The minimum atomic E-state index is 0.186. The van der Waals surface area contributed by atoms with Crippen LogP contribution < -0.4 is 5.73 Å². The van der Waals surface area contributed by atoms with Gasteiger partial charge in [-0.3, -0.25) is 4.68 Å². The Morgan fingerprint density at radius 1 is 1.29 bits per heavy atom. The van der Waals surface area contributed by atoms with Crippen LogP contribution in [0, 0.1) is 6.92 Å². The van der Waals surface area contributed by atoms with Crippen molar-refractivity contribution < 1.29 is 0 Å². The van der Waals surface area contributed by atoms with Crippen LogP contribution in [-0.2, 0) is 19.4 Å². The maximum atomic E-state index is 6.31. The highest BCUT2D eigenvalue weighted by Gasteiger charge is 2.15. The third-order valence-electron chi connectivity index (χ3n) is 3.79. The van der Waals surface area contributed by atoms with E-state index in [4.69, 9.17) is 5.73 Å². The molecule has 4 heteroatoms. The lowest BCUT2D eigenvalue weighted by Crippen LogP contribution is -2.24. The lowest BCUT2D eigenvalue weighted by atomic mass is 10.0. The number of benzene rings is 1. The fraction of sp³-hybridized carbons (Fsp3) is 0.471. The summed E-state index contributed by atoms with van der Waals surface area (Å²) in [5.74, 6) is 0. The molecule has 1 unspecified atom stereocenters. The van der Waals surface area contributed by atoms with E-state index in [0.717, 1.165) is 42.4 Å². The van der Waals surface area contributed by atoms with Crippen LogP contribution in [0.25, 0.3) is 0 Å². The Kier molecular flexibility index (Phi) is 6.00. The Hall–Kier alpha value is -1.13. The van der Waals surface area contributed by atoms with E-state index in [1.165, 1.54) is 11.3 Å². The molecule has 0 spiro atoms. The van der Waals surface area contributed by atoms with Gasteiger partial charge in [-0.1, -0.05) is 30.3 Å². The molecule has 2 aromatic rings. The van der Waals surface area contributed by atoms with Gasteiger partial charge in [0.1, 0.15) is 0 Å². The maximum Gasteiger partial charge on any atom is 0.0738 e. The first-order valence-corrected chi connectivity index (χ1v) is 8.42. The van der Waals surface area contributed by atoms with Crippen molar-refractivity contribution in [2.45, 2.75) is 52.1 Å². The van der Waals surface area contributed by atoms with Crippen LogP contribution in [0.1, 0.15) is 36.7 Å². The zero-order chi connectivity index (χ0) is 15.2. The summed E-state index contributed by atoms with van der Waals surface area (Å²) in [5.41, 5.74) is 9.97. The molecule has 0 bridgehead atoms. The molecular formula is C17H24BrN3. The van der Waals surface area contributed by atoms with Gasteiger partial charge in [0, 0.05) is 19.0 Å². The van der Waals surface area contributed by atoms with Crippen molar-refractivity contribution in [3.05, 3.63) is 51.8 Å². The van der Waals surface area contributed by atoms with E-state index in [1.54, 1.807) is 0 Å². The van der Waals surface area contributed by atoms with Crippen molar-refractivity contribution in [1.29, 1.82) is 0 Å². The molecule has 0 radical (unpaired) electrons. The zero-order valence-corrected chi connectivity index (χ0v) is 14.4. The molecule has 3 nitrogen and oxygen atoms in total. The quantitative estimate of drug-likeness (QED) is 0.824. The highest BCUT2D eigenvalue weighted by atomic mass is 79.9. The summed E-state index contributed by atoms with van der Waals surface area (Å²) in [6.07, 6.45) is 4.14. The van der Waals surface area contributed by atoms with Crippen LogP contribution in [0.3, 0.4) is 0 Å². The van der Waals surface area contributed by atoms with Crippen molar-refractivity contribution in [1.82, 2.24) is 9.78 Å². The third-order valence-corrected chi connectivity index (χ3v) is 4.82. The molecule has 0 saturated carbocycles. The van der Waals surface area contributed by atoms with Crippen molar-refractivity contribution in [2.75, 3.05) is 0 Å². The largest absolute Gasteiger partial charge is 0.327 e. The van der Waals surface area contributed by atoms with Gasteiger partial charge in [-0.2, -0.15) is 5.10 Å². The molecule has 1 atom stereocenters. The Morgan fingerprint density at radius 2 is 2.00 bits per heavy atom. The predicted octanol–water partition coefficient (Wildman–Crippen LogP) is 3.87. The number of hydrogen-bond donors (Lipinski definition) is 1. The first kappa shape index (κ1) is 16.2. The maximum absolute atomic E-state index is 6.31. The number of aromatic nitrogens is 2. The lowest BCUT2D eigenvalue weighted by molar-refractivity contribution is 0.538. The number of rotatable bonds is 7. The monoisotopic (exact) mass is 349 g/mol. The second kappa shape index (κ2) is 7.76. The van der Waals surface area contributed by atoms with Gasteiger partial charge in [0.15, 0.2) is 0 Å². The molecule has 0 amide bonds. The number of nitrogens with two attached hydrogens (primary N) is 1. The molecule has 0 aliphatic rings. The number of aryl methyl sites for hydroxylation is 3. The molecular weight excluding hydrogens is 326 g/mol. The van der Waals surface area contributed by atoms with Crippen molar-refractivity contribution >= 4 is 15.9 Å². The SMILES string of the molecule is CCn1nc(C)c(Br)c1CC(N)CCCc1ccccc1. The van der Waals surface area contributed by atoms with Crippen LogP contribution in [0.2, 0.25) is 0 Å². The van der Waals surface area contributed by atoms with E-state index >= 15 is 0 Å². The van der Waals surface area contributed by atoms with Gasteiger partial charge in [0.25, 0.3) is 0 Å². The second-order valence-electron chi connectivity index (χ2n) is 5.50. The minimum absolute atomic E-state index is 0.186. The predicted molar refractivity (Wildman–Crippen MR) is 91.4 cm³/mol. The minimum Gasteiger partial charge on any atom is -0.327 e. The molecule has 1 aromatic carbocycles. The molecule has 0 saturated heterocycles. The van der Waals surface area contributed by atoms with E-state index in [-0.39, 0.29) is 6.04 Å². The van der Waals surface area contributed by atoms with E-state index in [2.05, 4.69) is 63.0 Å². The lowest BCUT2D eigenvalue weighted by Gasteiger charge is -2.13. The first-order chi connectivity index (χ1) is 10.1. The van der Waals surface area contributed by atoms with E-state index in [9.17, 15) is 0 Å². The third kappa shape index (κ3) is 4.42. The molecule has 1 heterocycles. The number of hydrogen-bond acceptors (Lipinski definition) is 2. The molecule has 1 aromatic heterocycles. The van der Waals surface area contributed by atoms with E-state index < -0.39 is 0 Å². The van der Waals surface area contributed by atoms with Gasteiger partial charge in [0.05, 0.1) is 15.9 Å². The van der Waals surface area contributed by atoms with Crippen LogP contribution >= 0.6 is 15.9 Å². The van der Waals surface area contributed by atoms with Crippen molar-refractivity contribution in [3.8, 4) is 0 Å². The zero-order valence-electron chi connectivity index (χ0n) is 12.8. The highest BCUT2D eigenvalue weighted by molar-refractivity contribution is 9.10. The van der Waals surface area contributed by atoms with Crippen molar-refractivity contribution in [3.63, 3.8) is 0 Å². The molecule has 0 aliphatic carbocycles. The summed E-state index contributed by atoms with van der Waals surface area (Å²) >= 11 is 3.64.